The first-order chi connectivity index (χ1) is 10.6. The van der Waals surface area contributed by atoms with Crippen LogP contribution in [0, 0.1) is 6.92 Å². The van der Waals surface area contributed by atoms with E-state index in [-0.39, 0.29) is 9.79 Å². The Hall–Kier alpha value is -2.53. The summed E-state index contributed by atoms with van der Waals surface area (Å²) in [6.45, 7) is 1.92. The van der Waals surface area contributed by atoms with Gasteiger partial charge in [-0.2, -0.15) is 0 Å². The van der Waals surface area contributed by atoms with Crippen molar-refractivity contribution in [3.05, 3.63) is 72.6 Å². The van der Waals surface area contributed by atoms with Crippen LogP contribution in [0.4, 0.5) is 0 Å². The molecule has 0 fully saturated rings. The normalized spacial score (nSPS) is 11.3. The molecule has 0 radical (unpaired) electrons. The second-order valence-corrected chi connectivity index (χ2v) is 6.80. The molecule has 0 aliphatic rings. The molecule has 2 heterocycles. The van der Waals surface area contributed by atoms with Gasteiger partial charge < -0.3 is 0 Å². The number of aromatic nitrogens is 2. The van der Waals surface area contributed by atoms with Crippen LogP contribution < -0.4 is 0 Å². The van der Waals surface area contributed by atoms with Crippen molar-refractivity contribution < 1.29 is 8.42 Å². The Kier molecular flexibility index (Phi) is 3.73. The van der Waals surface area contributed by atoms with Gasteiger partial charge in [-0.15, -0.1) is 0 Å². The summed E-state index contributed by atoms with van der Waals surface area (Å²) in [5.41, 5.74) is 1.91. The zero-order valence-electron chi connectivity index (χ0n) is 12.0. The summed E-state index contributed by atoms with van der Waals surface area (Å²) in [7, 11) is -3.64. The Balaban J connectivity index is 2.18. The van der Waals surface area contributed by atoms with E-state index in [1.165, 1.54) is 0 Å². The molecule has 0 aliphatic heterocycles. The minimum absolute atomic E-state index is 0.164. The Morgan fingerprint density at radius 3 is 2.23 bits per heavy atom. The van der Waals surface area contributed by atoms with E-state index in [2.05, 4.69) is 9.97 Å². The molecule has 22 heavy (non-hydrogen) atoms. The van der Waals surface area contributed by atoms with Gasteiger partial charge in [-0.05, 0) is 43.3 Å². The van der Waals surface area contributed by atoms with Crippen molar-refractivity contribution in [1.29, 1.82) is 0 Å². The molecule has 5 heteroatoms. The standard InChI is InChI=1S/C17H14N2O2S/c1-13-7-9-14(10-8-13)22(20,21)16-6-4-12-19-17(16)15-5-2-3-11-18-15/h2-12H,1H3. The van der Waals surface area contributed by atoms with Crippen molar-refractivity contribution in [2.75, 3.05) is 0 Å². The number of rotatable bonds is 3. The molecule has 3 rings (SSSR count). The van der Waals surface area contributed by atoms with Crippen LogP contribution in [0.5, 0.6) is 0 Å². The van der Waals surface area contributed by atoms with Gasteiger partial charge in [-0.25, -0.2) is 8.42 Å². The van der Waals surface area contributed by atoms with Gasteiger partial charge in [0.1, 0.15) is 5.69 Å². The van der Waals surface area contributed by atoms with Gasteiger partial charge in [-0.1, -0.05) is 23.8 Å². The van der Waals surface area contributed by atoms with Crippen molar-refractivity contribution in [1.82, 2.24) is 9.97 Å². The Bertz CT molecular complexity index is 889. The van der Waals surface area contributed by atoms with Gasteiger partial charge in [-0.3, -0.25) is 9.97 Å². The first kappa shape index (κ1) is 14.4. The fraction of sp³-hybridized carbons (Fsp3) is 0.0588. The van der Waals surface area contributed by atoms with Crippen LogP contribution in [0.1, 0.15) is 5.56 Å². The van der Waals surface area contributed by atoms with Crippen molar-refractivity contribution in [3.63, 3.8) is 0 Å². The summed E-state index contributed by atoms with van der Waals surface area (Å²) in [5.74, 6) is 0. The fourth-order valence-electron chi connectivity index (χ4n) is 2.15. The molecule has 1 aromatic carbocycles. The Labute approximate surface area is 129 Å². The van der Waals surface area contributed by atoms with Crippen LogP contribution in [0.15, 0.2) is 76.8 Å². The van der Waals surface area contributed by atoms with Gasteiger partial charge >= 0.3 is 0 Å². The van der Waals surface area contributed by atoms with Crippen LogP contribution in [-0.2, 0) is 9.84 Å². The third-order valence-corrected chi connectivity index (χ3v) is 5.10. The molecule has 0 saturated carbocycles. The lowest BCUT2D eigenvalue weighted by molar-refractivity contribution is 0.596. The highest BCUT2D eigenvalue weighted by molar-refractivity contribution is 7.91. The number of pyridine rings is 2. The second kappa shape index (κ2) is 5.69. The van der Waals surface area contributed by atoms with Crippen LogP contribution in [0.25, 0.3) is 11.4 Å². The van der Waals surface area contributed by atoms with Crippen LogP contribution >= 0.6 is 0 Å². The van der Waals surface area contributed by atoms with Gasteiger partial charge in [0.25, 0.3) is 0 Å². The van der Waals surface area contributed by atoms with Gasteiger partial charge in [0, 0.05) is 12.4 Å². The van der Waals surface area contributed by atoms with Crippen LogP contribution in [0.2, 0.25) is 0 Å². The third kappa shape index (κ3) is 2.63. The quantitative estimate of drug-likeness (QED) is 0.745. The number of benzene rings is 1. The summed E-state index contributed by atoms with van der Waals surface area (Å²) in [6.07, 6.45) is 3.18. The first-order valence-corrected chi connectivity index (χ1v) is 8.25. The first-order valence-electron chi connectivity index (χ1n) is 6.77. The number of hydrogen-bond acceptors (Lipinski definition) is 4. The van der Waals surface area contributed by atoms with Crippen LogP contribution in [0.3, 0.4) is 0 Å². The number of hydrogen-bond donors (Lipinski definition) is 0. The molecule has 0 N–H and O–H groups in total. The summed E-state index contributed by atoms with van der Waals surface area (Å²) in [5, 5.41) is 0. The molecule has 3 aromatic rings. The van der Waals surface area contributed by atoms with Crippen molar-refractivity contribution in [3.8, 4) is 11.4 Å². The third-order valence-electron chi connectivity index (χ3n) is 3.30. The lowest BCUT2D eigenvalue weighted by Crippen LogP contribution is -2.05. The smallest absolute Gasteiger partial charge is 0.208 e. The highest BCUT2D eigenvalue weighted by Crippen LogP contribution is 2.28. The Morgan fingerprint density at radius 1 is 0.818 bits per heavy atom. The highest BCUT2D eigenvalue weighted by atomic mass is 32.2. The molecule has 0 amide bonds. The van der Waals surface area contributed by atoms with E-state index < -0.39 is 9.84 Å². The summed E-state index contributed by atoms with van der Waals surface area (Å²) in [4.78, 5) is 8.84. The maximum Gasteiger partial charge on any atom is 0.208 e. The zero-order chi connectivity index (χ0) is 15.6. The SMILES string of the molecule is Cc1ccc(S(=O)(=O)c2cccnc2-c2ccccn2)cc1. The summed E-state index contributed by atoms with van der Waals surface area (Å²) < 4.78 is 25.7. The van der Waals surface area contributed by atoms with E-state index in [9.17, 15) is 8.42 Å². The lowest BCUT2D eigenvalue weighted by Gasteiger charge is -2.09. The van der Waals surface area contributed by atoms with Gasteiger partial charge in [0.15, 0.2) is 0 Å². The largest absolute Gasteiger partial charge is 0.255 e. The van der Waals surface area contributed by atoms with E-state index in [0.29, 0.717) is 11.4 Å². The maximum absolute atomic E-state index is 12.9. The maximum atomic E-state index is 12.9. The van der Waals surface area contributed by atoms with E-state index in [1.54, 1.807) is 67.0 Å². The van der Waals surface area contributed by atoms with Crippen molar-refractivity contribution in [2.45, 2.75) is 16.7 Å². The predicted molar refractivity (Wildman–Crippen MR) is 84.1 cm³/mol. The van der Waals surface area contributed by atoms with E-state index in [1.807, 2.05) is 6.92 Å². The molecule has 0 bridgehead atoms. The Morgan fingerprint density at radius 2 is 1.55 bits per heavy atom. The molecular weight excluding hydrogens is 296 g/mol. The summed E-state index contributed by atoms with van der Waals surface area (Å²) >= 11 is 0. The molecule has 0 atom stereocenters. The van der Waals surface area contributed by atoms with E-state index in [4.69, 9.17) is 0 Å². The molecule has 0 spiro atoms. The lowest BCUT2D eigenvalue weighted by atomic mass is 10.2. The molecule has 110 valence electrons. The topological polar surface area (TPSA) is 59.9 Å². The van der Waals surface area contributed by atoms with Crippen LogP contribution in [-0.4, -0.2) is 18.4 Å². The molecule has 2 aromatic heterocycles. The van der Waals surface area contributed by atoms with E-state index >= 15 is 0 Å². The molecule has 4 nitrogen and oxygen atoms in total. The number of aryl methyl sites for hydroxylation is 1. The number of sulfone groups is 1. The molecule has 0 unspecified atom stereocenters. The highest BCUT2D eigenvalue weighted by Gasteiger charge is 2.23. The fourth-order valence-corrected chi connectivity index (χ4v) is 3.56. The number of nitrogens with zero attached hydrogens (tertiary/aromatic N) is 2. The average molecular weight is 310 g/mol. The second-order valence-electron chi connectivity index (χ2n) is 4.88. The molecule has 0 aliphatic carbocycles. The van der Waals surface area contributed by atoms with Gasteiger partial charge in [0.2, 0.25) is 9.84 Å². The summed E-state index contributed by atoms with van der Waals surface area (Å²) in [6, 6.07) is 15.3. The monoisotopic (exact) mass is 310 g/mol. The predicted octanol–water partition coefficient (Wildman–Crippen LogP) is 3.28. The minimum atomic E-state index is -3.64. The van der Waals surface area contributed by atoms with Gasteiger partial charge in [0.05, 0.1) is 15.5 Å². The van der Waals surface area contributed by atoms with Crippen molar-refractivity contribution >= 4 is 9.84 Å². The van der Waals surface area contributed by atoms with Crippen molar-refractivity contribution in [2.24, 2.45) is 0 Å². The zero-order valence-corrected chi connectivity index (χ0v) is 12.8. The molecule has 0 saturated heterocycles. The minimum Gasteiger partial charge on any atom is -0.255 e. The molecular formula is C17H14N2O2S. The average Bonchev–Trinajstić information content (AvgIpc) is 2.56. The van der Waals surface area contributed by atoms with E-state index in [0.717, 1.165) is 5.56 Å².